The summed E-state index contributed by atoms with van der Waals surface area (Å²) >= 11 is 0. The molecule has 6 nitrogen and oxygen atoms in total. The molecule has 0 radical (unpaired) electrons. The third-order valence-corrected chi connectivity index (χ3v) is 2.92. The number of amides is 2. The summed E-state index contributed by atoms with van der Waals surface area (Å²) in [6.45, 7) is 2.97. The molecule has 2 atom stereocenters. The second-order valence-electron chi connectivity index (χ2n) is 4.36. The van der Waals surface area contributed by atoms with Crippen molar-refractivity contribution in [1.82, 2.24) is 5.32 Å². The molecule has 0 aromatic heterocycles. The third kappa shape index (κ3) is 2.93. The van der Waals surface area contributed by atoms with Gasteiger partial charge in [0.1, 0.15) is 0 Å². The van der Waals surface area contributed by atoms with E-state index in [9.17, 15) is 9.59 Å². The average molecular weight is 229 g/mol. The van der Waals surface area contributed by atoms with E-state index in [1.54, 1.807) is 6.92 Å². The molecule has 1 saturated heterocycles. The van der Waals surface area contributed by atoms with Crippen LogP contribution in [0.1, 0.15) is 19.8 Å². The lowest BCUT2D eigenvalue weighted by Gasteiger charge is -2.25. The highest BCUT2D eigenvalue weighted by Crippen LogP contribution is 2.26. The summed E-state index contributed by atoms with van der Waals surface area (Å²) in [5.74, 6) is -0.483. The molecule has 16 heavy (non-hydrogen) atoms. The summed E-state index contributed by atoms with van der Waals surface area (Å²) in [4.78, 5) is 22.3. The Bertz CT molecular complexity index is 282. The lowest BCUT2D eigenvalue weighted by molar-refractivity contribution is -0.130. The topological polar surface area (TPSA) is 107 Å². The van der Waals surface area contributed by atoms with E-state index in [0.717, 1.165) is 0 Å². The van der Waals surface area contributed by atoms with Crippen LogP contribution in [0.2, 0.25) is 0 Å². The number of primary amides is 1. The Hall–Kier alpha value is -1.14. The molecule has 1 heterocycles. The fourth-order valence-electron chi connectivity index (χ4n) is 1.59. The molecular weight excluding hydrogens is 210 g/mol. The van der Waals surface area contributed by atoms with Gasteiger partial charge in [0.2, 0.25) is 11.8 Å². The van der Waals surface area contributed by atoms with Gasteiger partial charge in [0.25, 0.3) is 0 Å². The molecule has 0 aromatic carbocycles. The summed E-state index contributed by atoms with van der Waals surface area (Å²) in [6.07, 6.45) is 0.826. The largest absolute Gasteiger partial charge is 0.379 e. The van der Waals surface area contributed by atoms with Gasteiger partial charge in [-0.25, -0.2) is 0 Å². The number of ether oxygens (including phenoxy) is 1. The molecule has 0 aromatic rings. The highest BCUT2D eigenvalue weighted by Gasteiger charge is 2.44. The lowest BCUT2D eigenvalue weighted by atomic mass is 9.85. The zero-order chi connectivity index (χ0) is 12.2. The van der Waals surface area contributed by atoms with Crippen LogP contribution in [0.25, 0.3) is 0 Å². The number of nitrogens with two attached hydrogens (primary N) is 2. The quantitative estimate of drug-likeness (QED) is 0.511. The van der Waals surface area contributed by atoms with Crippen molar-refractivity contribution in [2.45, 2.75) is 25.8 Å². The van der Waals surface area contributed by atoms with E-state index in [0.29, 0.717) is 26.2 Å². The minimum Gasteiger partial charge on any atom is -0.379 e. The van der Waals surface area contributed by atoms with Crippen molar-refractivity contribution in [3.8, 4) is 0 Å². The molecule has 5 N–H and O–H groups in total. The van der Waals surface area contributed by atoms with E-state index < -0.39 is 5.41 Å². The minimum atomic E-state index is -0.660. The van der Waals surface area contributed by atoms with Crippen LogP contribution in [0.5, 0.6) is 0 Å². The summed E-state index contributed by atoms with van der Waals surface area (Å²) in [7, 11) is 0. The summed E-state index contributed by atoms with van der Waals surface area (Å²) in [5.41, 5.74) is 10.1. The van der Waals surface area contributed by atoms with E-state index in [1.807, 2.05) is 0 Å². The lowest BCUT2D eigenvalue weighted by Crippen LogP contribution is -2.50. The van der Waals surface area contributed by atoms with Gasteiger partial charge in [-0.3, -0.25) is 9.59 Å². The maximum atomic E-state index is 11.8. The molecular formula is C10H19N3O3. The van der Waals surface area contributed by atoms with Crippen molar-refractivity contribution < 1.29 is 14.3 Å². The smallest absolute Gasteiger partial charge is 0.229 e. The summed E-state index contributed by atoms with van der Waals surface area (Å²) < 4.78 is 5.18. The maximum absolute atomic E-state index is 11.8. The number of nitrogens with one attached hydrogen (secondary N) is 1. The standard InChI is InChI=1S/C10H19N3O3/c1-10(6-16-5-7(10)11)9(15)13-4-2-3-8(12)14/h7H,2-6,11H2,1H3,(H2,12,14)(H,13,15). The normalized spacial score (nSPS) is 29.0. The molecule has 2 amide bonds. The van der Waals surface area contributed by atoms with Gasteiger partial charge in [0.05, 0.1) is 18.6 Å². The van der Waals surface area contributed by atoms with E-state index in [2.05, 4.69) is 5.32 Å². The number of carbonyl (C=O) groups is 2. The monoisotopic (exact) mass is 229 g/mol. The molecule has 0 bridgehead atoms. The molecule has 0 saturated carbocycles. The first-order valence-corrected chi connectivity index (χ1v) is 5.37. The molecule has 1 aliphatic heterocycles. The number of hydrogen-bond donors (Lipinski definition) is 3. The Labute approximate surface area is 94.7 Å². The average Bonchev–Trinajstić information content (AvgIpc) is 2.55. The molecule has 92 valence electrons. The Morgan fingerprint density at radius 2 is 2.25 bits per heavy atom. The van der Waals surface area contributed by atoms with Crippen molar-refractivity contribution in [3.63, 3.8) is 0 Å². The van der Waals surface area contributed by atoms with Crippen LogP contribution in [0, 0.1) is 5.41 Å². The van der Waals surface area contributed by atoms with Gasteiger partial charge in [0, 0.05) is 19.0 Å². The Morgan fingerprint density at radius 3 is 2.75 bits per heavy atom. The third-order valence-electron chi connectivity index (χ3n) is 2.92. The molecule has 1 aliphatic rings. The maximum Gasteiger partial charge on any atom is 0.229 e. The summed E-state index contributed by atoms with van der Waals surface area (Å²) in [5, 5.41) is 2.74. The van der Waals surface area contributed by atoms with Crippen molar-refractivity contribution in [2.24, 2.45) is 16.9 Å². The number of rotatable bonds is 5. The van der Waals surface area contributed by atoms with Gasteiger partial charge in [-0.1, -0.05) is 0 Å². The zero-order valence-corrected chi connectivity index (χ0v) is 9.49. The van der Waals surface area contributed by atoms with Crippen molar-refractivity contribution in [3.05, 3.63) is 0 Å². The zero-order valence-electron chi connectivity index (χ0n) is 9.49. The predicted octanol–water partition coefficient (Wildman–Crippen LogP) is -1.27. The first kappa shape index (κ1) is 12.9. The van der Waals surface area contributed by atoms with Crippen molar-refractivity contribution in [1.29, 1.82) is 0 Å². The Morgan fingerprint density at radius 1 is 1.56 bits per heavy atom. The fraction of sp³-hybridized carbons (Fsp3) is 0.800. The molecule has 1 rings (SSSR count). The first-order valence-electron chi connectivity index (χ1n) is 5.37. The van der Waals surface area contributed by atoms with E-state index in [1.165, 1.54) is 0 Å². The molecule has 0 aliphatic carbocycles. The van der Waals surface area contributed by atoms with Crippen LogP contribution in [-0.4, -0.2) is 37.6 Å². The molecule has 2 unspecified atom stereocenters. The van der Waals surface area contributed by atoms with Crippen LogP contribution in [0.15, 0.2) is 0 Å². The van der Waals surface area contributed by atoms with E-state index in [4.69, 9.17) is 16.2 Å². The van der Waals surface area contributed by atoms with Crippen molar-refractivity contribution in [2.75, 3.05) is 19.8 Å². The van der Waals surface area contributed by atoms with Gasteiger partial charge in [-0.2, -0.15) is 0 Å². The second-order valence-corrected chi connectivity index (χ2v) is 4.36. The number of carbonyl (C=O) groups excluding carboxylic acids is 2. The van der Waals surface area contributed by atoms with Crippen LogP contribution < -0.4 is 16.8 Å². The SMILES string of the molecule is CC1(C(=O)NCCCC(N)=O)COCC1N. The highest BCUT2D eigenvalue weighted by molar-refractivity contribution is 5.83. The predicted molar refractivity (Wildman–Crippen MR) is 58.3 cm³/mol. The molecule has 0 spiro atoms. The van der Waals surface area contributed by atoms with E-state index >= 15 is 0 Å². The van der Waals surface area contributed by atoms with E-state index in [-0.39, 0.29) is 24.3 Å². The second kappa shape index (κ2) is 5.27. The fourth-order valence-corrected chi connectivity index (χ4v) is 1.59. The highest BCUT2D eigenvalue weighted by atomic mass is 16.5. The summed E-state index contributed by atoms with van der Waals surface area (Å²) in [6, 6.07) is -0.274. The Balaban J connectivity index is 2.32. The minimum absolute atomic E-state index is 0.123. The first-order chi connectivity index (χ1) is 7.47. The van der Waals surface area contributed by atoms with Crippen LogP contribution >= 0.6 is 0 Å². The Kier molecular flexibility index (Phi) is 4.26. The van der Waals surface area contributed by atoms with Gasteiger partial charge in [-0.05, 0) is 13.3 Å². The van der Waals surface area contributed by atoms with Gasteiger partial charge >= 0.3 is 0 Å². The van der Waals surface area contributed by atoms with Crippen LogP contribution in [-0.2, 0) is 14.3 Å². The van der Waals surface area contributed by atoms with Crippen LogP contribution in [0.4, 0.5) is 0 Å². The molecule has 1 fully saturated rings. The van der Waals surface area contributed by atoms with Gasteiger partial charge in [-0.15, -0.1) is 0 Å². The molecule has 6 heteroatoms. The van der Waals surface area contributed by atoms with Crippen LogP contribution in [0.3, 0.4) is 0 Å². The van der Waals surface area contributed by atoms with Crippen molar-refractivity contribution >= 4 is 11.8 Å². The number of hydrogen-bond acceptors (Lipinski definition) is 4. The van der Waals surface area contributed by atoms with Gasteiger partial charge < -0.3 is 21.5 Å². The van der Waals surface area contributed by atoms with Gasteiger partial charge in [0.15, 0.2) is 0 Å².